The fourth-order valence-electron chi connectivity index (χ4n) is 1.60. The largest absolute Gasteiger partial charge is 2.00 e. The van der Waals surface area contributed by atoms with Crippen molar-refractivity contribution in [2.75, 3.05) is 0 Å². The van der Waals surface area contributed by atoms with E-state index in [1.807, 2.05) is 0 Å². The molecule has 27 heavy (non-hydrogen) atoms. The van der Waals surface area contributed by atoms with Gasteiger partial charge in [-0.25, -0.2) is 9.59 Å². The number of carboxylic acids is 2. The Kier molecular flexibility index (Phi) is 8.47. The summed E-state index contributed by atoms with van der Waals surface area (Å²) in [6.07, 6.45) is 0. The molecule has 13 heteroatoms. The monoisotopic (exact) mass is 428 g/mol. The van der Waals surface area contributed by atoms with Crippen molar-refractivity contribution < 1.29 is 59.3 Å². The van der Waals surface area contributed by atoms with Gasteiger partial charge in [-0.05, 0) is 0 Å². The number of nitro groups is 2. The van der Waals surface area contributed by atoms with Gasteiger partial charge in [-0.2, -0.15) is 0 Å². The second kappa shape index (κ2) is 9.77. The number of aromatic carboxylic acids is 2. The third-order valence-corrected chi connectivity index (χ3v) is 2.81. The van der Waals surface area contributed by atoms with Crippen molar-refractivity contribution in [3.63, 3.8) is 0 Å². The van der Waals surface area contributed by atoms with E-state index >= 15 is 0 Å². The van der Waals surface area contributed by atoms with Gasteiger partial charge >= 0.3 is 31.4 Å². The minimum Gasteiger partial charge on any atom is -0.872 e. The summed E-state index contributed by atoms with van der Waals surface area (Å²) in [4.78, 5) is 39.6. The molecule has 0 amide bonds. The molecule has 12 nitrogen and oxygen atoms in total. The Hall–Kier alpha value is -3.60. The first-order valence-corrected chi connectivity index (χ1v) is 6.42. The first-order chi connectivity index (χ1) is 12.0. The number of non-ortho nitro benzene ring substituents is 2. The Bertz CT molecular complexity index is 826. The SMILES string of the molecule is O=C(O)c1cc([N+](=O)[O-])ccc1[O-].O=C(O)c1cc([N+](=O)[O-])ccc1[O-].[Zn+2]. The van der Waals surface area contributed by atoms with Crippen LogP contribution in [0.2, 0.25) is 0 Å². The Morgan fingerprint density at radius 1 is 0.741 bits per heavy atom. The van der Waals surface area contributed by atoms with Crippen molar-refractivity contribution in [3.8, 4) is 11.5 Å². The molecule has 0 bridgehead atoms. The summed E-state index contributed by atoms with van der Waals surface area (Å²) in [5.74, 6) is -4.40. The molecule has 0 unspecified atom stereocenters. The van der Waals surface area contributed by atoms with Gasteiger partial charge in [0.25, 0.3) is 11.4 Å². The maximum Gasteiger partial charge on any atom is 2.00 e. The van der Waals surface area contributed by atoms with Crippen LogP contribution in [0.1, 0.15) is 20.7 Å². The quantitative estimate of drug-likeness (QED) is 0.395. The Balaban J connectivity index is 0.000000483. The van der Waals surface area contributed by atoms with Crippen LogP contribution < -0.4 is 10.2 Å². The van der Waals surface area contributed by atoms with Gasteiger partial charge in [-0.3, -0.25) is 20.2 Å². The van der Waals surface area contributed by atoms with Crippen LogP contribution in [0.5, 0.6) is 11.5 Å². The van der Waals surface area contributed by atoms with Crippen LogP contribution in [-0.2, 0) is 19.5 Å². The van der Waals surface area contributed by atoms with Gasteiger partial charge in [0.1, 0.15) is 0 Å². The summed E-state index contributed by atoms with van der Waals surface area (Å²) in [7, 11) is 0. The number of nitro benzene ring substituents is 2. The van der Waals surface area contributed by atoms with E-state index in [4.69, 9.17) is 10.2 Å². The molecule has 0 radical (unpaired) electrons. The molecule has 0 saturated heterocycles. The van der Waals surface area contributed by atoms with Crippen LogP contribution in [0.4, 0.5) is 11.4 Å². The number of nitrogens with zero attached hydrogens (tertiary/aromatic N) is 2. The predicted octanol–water partition coefficient (Wildman–Crippen LogP) is 0.731. The van der Waals surface area contributed by atoms with E-state index in [9.17, 15) is 40.0 Å². The molecule has 0 spiro atoms. The van der Waals surface area contributed by atoms with Crippen LogP contribution >= 0.6 is 0 Å². The third kappa shape index (κ3) is 6.32. The number of carbonyl (C=O) groups is 2. The summed E-state index contributed by atoms with van der Waals surface area (Å²) < 4.78 is 0. The number of benzene rings is 2. The van der Waals surface area contributed by atoms with Gasteiger partial charge in [0.05, 0.1) is 21.0 Å². The van der Waals surface area contributed by atoms with Gasteiger partial charge in [-0.1, -0.05) is 23.6 Å². The van der Waals surface area contributed by atoms with Gasteiger partial charge in [0, 0.05) is 24.3 Å². The van der Waals surface area contributed by atoms with Gasteiger partial charge in [0.2, 0.25) is 0 Å². The predicted molar refractivity (Wildman–Crippen MR) is 79.0 cm³/mol. The van der Waals surface area contributed by atoms with E-state index in [0.717, 1.165) is 36.4 Å². The molecule has 0 aliphatic heterocycles. The number of rotatable bonds is 4. The fourth-order valence-corrected chi connectivity index (χ4v) is 1.60. The molecule has 136 valence electrons. The summed E-state index contributed by atoms with van der Waals surface area (Å²) in [5, 5.41) is 59.0. The zero-order valence-electron chi connectivity index (χ0n) is 13.2. The number of hydrogen-bond acceptors (Lipinski definition) is 8. The van der Waals surface area contributed by atoms with Crippen molar-refractivity contribution in [1.82, 2.24) is 0 Å². The van der Waals surface area contributed by atoms with Crippen LogP contribution in [0.25, 0.3) is 0 Å². The summed E-state index contributed by atoms with van der Waals surface area (Å²) >= 11 is 0. The summed E-state index contributed by atoms with van der Waals surface area (Å²) in [5.41, 5.74) is -1.99. The van der Waals surface area contributed by atoms with Gasteiger partial charge in [0.15, 0.2) is 0 Å². The van der Waals surface area contributed by atoms with Crippen molar-refractivity contribution in [1.29, 1.82) is 0 Å². The average molecular weight is 430 g/mol. The van der Waals surface area contributed by atoms with E-state index in [0.29, 0.717) is 0 Å². The van der Waals surface area contributed by atoms with Crippen molar-refractivity contribution >= 4 is 23.3 Å². The van der Waals surface area contributed by atoms with Crippen LogP contribution in [0.15, 0.2) is 36.4 Å². The van der Waals surface area contributed by atoms with Crippen molar-refractivity contribution in [2.45, 2.75) is 0 Å². The second-order valence-electron chi connectivity index (χ2n) is 4.49. The molecule has 0 atom stereocenters. The Morgan fingerprint density at radius 2 is 1.04 bits per heavy atom. The van der Waals surface area contributed by atoms with Gasteiger partial charge < -0.3 is 20.4 Å². The number of carboxylic acid groups (broad SMARTS) is 2. The molecule has 2 N–H and O–H groups in total. The normalized spacial score (nSPS) is 9.19. The standard InChI is InChI=1S/2C7H5NO5.Zn/c2*9-6-2-1-4(8(12)13)3-5(6)7(10)11;/h2*1-3,9H,(H,10,11);/q;;+2/p-2. The van der Waals surface area contributed by atoms with Crippen molar-refractivity contribution in [2.24, 2.45) is 0 Å². The molecule has 0 aliphatic carbocycles. The third-order valence-electron chi connectivity index (χ3n) is 2.81. The van der Waals surface area contributed by atoms with E-state index in [2.05, 4.69) is 0 Å². The second-order valence-corrected chi connectivity index (χ2v) is 4.49. The van der Waals surface area contributed by atoms with E-state index in [1.54, 1.807) is 0 Å². The minimum atomic E-state index is -1.46. The minimum absolute atomic E-state index is 0. The van der Waals surface area contributed by atoms with Crippen LogP contribution in [-0.4, -0.2) is 32.0 Å². The topological polar surface area (TPSA) is 207 Å². The van der Waals surface area contributed by atoms with Crippen LogP contribution in [0.3, 0.4) is 0 Å². The molecular formula is C14H8N2O10Zn. The Morgan fingerprint density at radius 3 is 1.26 bits per heavy atom. The zero-order valence-corrected chi connectivity index (χ0v) is 16.2. The molecule has 0 saturated carbocycles. The molecule has 2 aromatic carbocycles. The van der Waals surface area contributed by atoms with Gasteiger partial charge in [-0.15, -0.1) is 0 Å². The van der Waals surface area contributed by atoms with Crippen molar-refractivity contribution in [3.05, 3.63) is 67.8 Å². The van der Waals surface area contributed by atoms with E-state index in [-0.39, 0.29) is 19.5 Å². The average Bonchev–Trinajstić information content (AvgIpc) is 2.55. The Labute approximate surface area is 162 Å². The smallest absolute Gasteiger partial charge is 0.872 e. The molecule has 0 aromatic heterocycles. The molecule has 0 fully saturated rings. The molecule has 2 rings (SSSR count). The van der Waals surface area contributed by atoms with Crippen LogP contribution in [0, 0.1) is 20.2 Å². The molecule has 0 heterocycles. The summed E-state index contributed by atoms with van der Waals surface area (Å²) in [6.45, 7) is 0. The first kappa shape index (κ1) is 23.4. The molecule has 2 aromatic rings. The van der Waals surface area contributed by atoms with E-state index < -0.39 is 55.8 Å². The first-order valence-electron chi connectivity index (χ1n) is 6.42. The summed E-state index contributed by atoms with van der Waals surface area (Å²) in [6, 6.07) is 5.14. The maximum absolute atomic E-state index is 10.8. The fraction of sp³-hybridized carbons (Fsp3) is 0. The molecular weight excluding hydrogens is 422 g/mol. The number of hydrogen-bond donors (Lipinski definition) is 2. The molecule has 0 aliphatic rings. The van der Waals surface area contributed by atoms with E-state index in [1.165, 1.54) is 0 Å². The maximum atomic E-state index is 10.8. The zero-order chi connectivity index (χ0) is 20.0.